The summed E-state index contributed by atoms with van der Waals surface area (Å²) in [6, 6.07) is 7.67. The number of primary amides is 1. The maximum absolute atomic E-state index is 11.7. The van der Waals surface area contributed by atoms with E-state index in [9.17, 15) is 4.79 Å². The number of carbonyl (C=O) groups is 1. The number of amides is 1. The maximum Gasteiger partial charge on any atom is 0.256 e. The van der Waals surface area contributed by atoms with E-state index in [4.69, 9.17) is 22.7 Å². The molecule has 1 aliphatic heterocycles. The highest BCUT2D eigenvalue weighted by atomic mass is 35.5. The van der Waals surface area contributed by atoms with Crippen LogP contribution in [-0.4, -0.2) is 23.6 Å². The molecular formula is C16H20ClN3OS. The lowest BCUT2D eigenvalue weighted by molar-refractivity contribution is -0.114. The van der Waals surface area contributed by atoms with Crippen LogP contribution in [0.5, 0.6) is 0 Å². The molecule has 1 heterocycles. The summed E-state index contributed by atoms with van der Waals surface area (Å²) in [5, 5.41) is 7.97. The van der Waals surface area contributed by atoms with Crippen molar-refractivity contribution in [3.05, 3.63) is 45.5 Å². The Balaban J connectivity index is 2.29. The minimum Gasteiger partial charge on any atom is -0.365 e. The van der Waals surface area contributed by atoms with E-state index in [2.05, 4.69) is 11.8 Å². The Kier molecular flexibility index (Phi) is 5.53. The number of carbonyl (C=O) groups excluding carboxylic acids is 1. The van der Waals surface area contributed by atoms with Gasteiger partial charge in [-0.25, -0.2) is 0 Å². The van der Waals surface area contributed by atoms with E-state index in [1.807, 2.05) is 31.2 Å². The van der Waals surface area contributed by atoms with Gasteiger partial charge in [-0.1, -0.05) is 42.4 Å². The SMILES string of the molecule is CC1=C(C(N)=O)SC(c2ccc(Cl)cc2)N1CC(C)CC=N. The fraction of sp³-hybridized carbons (Fsp3) is 0.375. The van der Waals surface area contributed by atoms with Gasteiger partial charge in [-0.3, -0.25) is 4.79 Å². The molecule has 0 aromatic heterocycles. The lowest BCUT2D eigenvalue weighted by atomic mass is 10.1. The first-order valence-corrected chi connectivity index (χ1v) is 8.38. The molecule has 0 spiro atoms. The molecule has 0 bridgehead atoms. The van der Waals surface area contributed by atoms with E-state index >= 15 is 0 Å². The van der Waals surface area contributed by atoms with Crippen LogP contribution in [0.2, 0.25) is 5.02 Å². The second kappa shape index (κ2) is 7.20. The number of benzene rings is 1. The minimum absolute atomic E-state index is 0.0213. The number of thioether (sulfide) groups is 1. The maximum atomic E-state index is 11.7. The molecule has 2 unspecified atom stereocenters. The lowest BCUT2D eigenvalue weighted by Gasteiger charge is -2.30. The number of nitrogens with zero attached hydrogens (tertiary/aromatic N) is 1. The molecule has 0 fully saturated rings. The summed E-state index contributed by atoms with van der Waals surface area (Å²) >= 11 is 7.44. The van der Waals surface area contributed by atoms with Crippen molar-refractivity contribution in [2.75, 3.05) is 6.54 Å². The topological polar surface area (TPSA) is 70.2 Å². The normalized spacial score (nSPS) is 19.4. The highest BCUT2D eigenvalue weighted by Crippen LogP contribution is 2.47. The van der Waals surface area contributed by atoms with Crippen LogP contribution in [0, 0.1) is 11.3 Å². The Hall–Kier alpha value is -1.46. The van der Waals surface area contributed by atoms with E-state index in [1.165, 1.54) is 18.0 Å². The van der Waals surface area contributed by atoms with Crippen molar-refractivity contribution in [2.45, 2.75) is 25.6 Å². The average Bonchev–Trinajstić information content (AvgIpc) is 2.78. The Labute approximate surface area is 140 Å². The second-order valence-electron chi connectivity index (χ2n) is 5.50. The number of hydrogen-bond acceptors (Lipinski definition) is 4. The molecule has 2 rings (SSSR count). The van der Waals surface area contributed by atoms with Crippen molar-refractivity contribution < 1.29 is 4.79 Å². The Morgan fingerprint density at radius 1 is 1.50 bits per heavy atom. The van der Waals surface area contributed by atoms with E-state index in [0.29, 0.717) is 22.3 Å². The fourth-order valence-electron chi connectivity index (χ4n) is 2.52. The lowest BCUT2D eigenvalue weighted by Crippen LogP contribution is -2.27. The average molecular weight is 338 g/mol. The number of rotatable bonds is 6. The van der Waals surface area contributed by atoms with E-state index in [-0.39, 0.29) is 11.3 Å². The van der Waals surface area contributed by atoms with Crippen LogP contribution in [-0.2, 0) is 4.79 Å². The van der Waals surface area contributed by atoms with Gasteiger partial charge in [0, 0.05) is 17.3 Å². The van der Waals surface area contributed by atoms with Crippen molar-refractivity contribution >= 4 is 35.5 Å². The fourth-order valence-corrected chi connectivity index (χ4v) is 3.94. The van der Waals surface area contributed by atoms with Gasteiger partial charge in [-0.2, -0.15) is 0 Å². The van der Waals surface area contributed by atoms with Crippen molar-refractivity contribution in [2.24, 2.45) is 11.7 Å². The predicted octanol–water partition coefficient (Wildman–Crippen LogP) is 3.78. The van der Waals surface area contributed by atoms with Crippen molar-refractivity contribution in [3.8, 4) is 0 Å². The molecule has 1 aliphatic rings. The van der Waals surface area contributed by atoms with Crippen LogP contribution in [0.4, 0.5) is 0 Å². The van der Waals surface area contributed by atoms with Gasteiger partial charge in [0.2, 0.25) is 0 Å². The number of nitrogens with one attached hydrogen (secondary N) is 1. The van der Waals surface area contributed by atoms with Crippen LogP contribution in [0.1, 0.15) is 31.2 Å². The van der Waals surface area contributed by atoms with E-state index in [1.54, 1.807) is 0 Å². The summed E-state index contributed by atoms with van der Waals surface area (Å²) in [5.41, 5.74) is 7.50. The predicted molar refractivity (Wildman–Crippen MR) is 92.9 cm³/mol. The first-order chi connectivity index (χ1) is 10.4. The molecule has 1 aromatic rings. The molecule has 3 N–H and O–H groups in total. The highest BCUT2D eigenvalue weighted by molar-refractivity contribution is 8.04. The Bertz CT molecular complexity index is 600. The van der Waals surface area contributed by atoms with Crippen LogP contribution in [0.25, 0.3) is 0 Å². The molecule has 0 saturated heterocycles. The monoisotopic (exact) mass is 337 g/mol. The van der Waals surface area contributed by atoms with Gasteiger partial charge in [-0.15, -0.1) is 0 Å². The van der Waals surface area contributed by atoms with E-state index in [0.717, 1.165) is 17.8 Å². The summed E-state index contributed by atoms with van der Waals surface area (Å²) in [6.07, 6.45) is 2.15. The van der Waals surface area contributed by atoms with Crippen LogP contribution in [0.3, 0.4) is 0 Å². The highest BCUT2D eigenvalue weighted by Gasteiger charge is 2.34. The number of allylic oxidation sites excluding steroid dienone is 1. The Morgan fingerprint density at radius 3 is 2.68 bits per heavy atom. The van der Waals surface area contributed by atoms with Crippen LogP contribution in [0.15, 0.2) is 34.9 Å². The largest absolute Gasteiger partial charge is 0.365 e. The molecule has 118 valence electrons. The molecule has 1 amide bonds. The molecule has 0 radical (unpaired) electrons. The standard InChI is InChI=1S/C16H20ClN3OS/c1-10(7-8-18)9-20-11(2)14(15(19)21)22-16(20)12-3-5-13(17)6-4-12/h3-6,8,10,16,18H,7,9H2,1-2H3,(H2,19,21). The van der Waals surface area contributed by atoms with Gasteiger partial charge in [0.15, 0.2) is 0 Å². The first kappa shape index (κ1) is 16.9. The molecule has 2 atom stereocenters. The number of hydrogen-bond donors (Lipinski definition) is 2. The Morgan fingerprint density at radius 2 is 2.14 bits per heavy atom. The summed E-state index contributed by atoms with van der Waals surface area (Å²) in [4.78, 5) is 14.5. The summed E-state index contributed by atoms with van der Waals surface area (Å²) in [7, 11) is 0. The molecule has 4 nitrogen and oxygen atoms in total. The number of nitrogens with two attached hydrogens (primary N) is 1. The van der Waals surface area contributed by atoms with Gasteiger partial charge in [-0.05, 0) is 43.2 Å². The number of halogens is 1. The van der Waals surface area contributed by atoms with Gasteiger partial charge >= 0.3 is 0 Å². The van der Waals surface area contributed by atoms with Gasteiger partial charge in [0.05, 0.1) is 4.91 Å². The van der Waals surface area contributed by atoms with Crippen molar-refractivity contribution in [1.82, 2.24) is 4.90 Å². The minimum atomic E-state index is -0.385. The zero-order chi connectivity index (χ0) is 16.3. The van der Waals surface area contributed by atoms with Crippen molar-refractivity contribution in [1.29, 1.82) is 5.41 Å². The molecule has 0 saturated carbocycles. The third kappa shape index (κ3) is 3.65. The summed E-state index contributed by atoms with van der Waals surface area (Å²) in [6.45, 7) is 4.81. The molecule has 1 aromatic carbocycles. The molecule has 22 heavy (non-hydrogen) atoms. The molecule has 0 aliphatic carbocycles. The third-order valence-electron chi connectivity index (χ3n) is 3.68. The first-order valence-electron chi connectivity index (χ1n) is 7.12. The quantitative estimate of drug-likeness (QED) is 0.776. The summed E-state index contributed by atoms with van der Waals surface area (Å²) < 4.78 is 0. The van der Waals surface area contributed by atoms with Gasteiger partial charge in [0.25, 0.3) is 5.91 Å². The zero-order valence-electron chi connectivity index (χ0n) is 12.7. The zero-order valence-corrected chi connectivity index (χ0v) is 14.2. The van der Waals surface area contributed by atoms with Crippen LogP contribution < -0.4 is 5.73 Å². The van der Waals surface area contributed by atoms with Gasteiger partial charge in [0.1, 0.15) is 5.37 Å². The smallest absolute Gasteiger partial charge is 0.256 e. The summed E-state index contributed by atoms with van der Waals surface area (Å²) in [5.74, 6) is -0.0567. The molecular weight excluding hydrogens is 318 g/mol. The van der Waals surface area contributed by atoms with Crippen LogP contribution >= 0.6 is 23.4 Å². The van der Waals surface area contributed by atoms with Crippen molar-refractivity contribution in [3.63, 3.8) is 0 Å². The van der Waals surface area contributed by atoms with Gasteiger partial charge < -0.3 is 16.0 Å². The van der Waals surface area contributed by atoms with E-state index < -0.39 is 0 Å². The third-order valence-corrected chi connectivity index (χ3v) is 5.41. The second-order valence-corrected chi connectivity index (χ2v) is 7.02. The molecule has 6 heteroatoms.